The maximum Gasteiger partial charge on any atom is 0.131 e. The van der Waals surface area contributed by atoms with Gasteiger partial charge >= 0.3 is 0 Å². The molecule has 0 atom stereocenters. The molecule has 2 rings (SSSR count). The Morgan fingerprint density at radius 2 is 1.67 bits per heavy atom. The lowest BCUT2D eigenvalue weighted by molar-refractivity contribution is 0.524. The number of rotatable bonds is 1. The third-order valence-electron chi connectivity index (χ3n) is 3.14. The van der Waals surface area contributed by atoms with Crippen LogP contribution in [0.2, 0.25) is 0 Å². The van der Waals surface area contributed by atoms with E-state index in [1.165, 1.54) is 5.56 Å². The largest absolute Gasteiger partial charge is 0.383 e. The van der Waals surface area contributed by atoms with E-state index in [0.717, 1.165) is 22.9 Å². The average molecular weight is 243 g/mol. The Bertz CT molecular complexity index is 557. The third-order valence-corrected chi connectivity index (χ3v) is 3.14. The number of benzene rings is 1. The Balaban J connectivity index is 2.56. The molecule has 0 saturated carbocycles. The Hall–Kier alpha value is -1.77. The fourth-order valence-corrected chi connectivity index (χ4v) is 2.11. The summed E-state index contributed by atoms with van der Waals surface area (Å²) < 4.78 is 1.98. The predicted octanol–water partition coefficient (Wildman–Crippen LogP) is 3.28. The van der Waals surface area contributed by atoms with E-state index in [0.29, 0.717) is 0 Å². The van der Waals surface area contributed by atoms with Crippen molar-refractivity contribution in [2.45, 2.75) is 33.1 Å². The molecule has 0 aliphatic heterocycles. The van der Waals surface area contributed by atoms with E-state index in [9.17, 15) is 0 Å². The van der Waals surface area contributed by atoms with Crippen molar-refractivity contribution in [1.29, 1.82) is 0 Å². The van der Waals surface area contributed by atoms with Gasteiger partial charge in [0.05, 0.1) is 0 Å². The first-order valence-corrected chi connectivity index (χ1v) is 6.20. The number of hydrogen-bond acceptors (Lipinski definition) is 2. The van der Waals surface area contributed by atoms with Gasteiger partial charge in [0.2, 0.25) is 0 Å². The minimum Gasteiger partial charge on any atom is -0.383 e. The Morgan fingerprint density at radius 1 is 1.11 bits per heavy atom. The molecule has 0 fully saturated rings. The van der Waals surface area contributed by atoms with Crippen LogP contribution >= 0.6 is 0 Å². The van der Waals surface area contributed by atoms with Crippen molar-refractivity contribution in [2.75, 3.05) is 5.73 Å². The van der Waals surface area contributed by atoms with E-state index in [-0.39, 0.29) is 5.41 Å². The minimum absolute atomic E-state index is 0.00812. The number of aromatic nitrogens is 2. The number of nitrogens with zero attached hydrogens (tertiary/aromatic N) is 2. The van der Waals surface area contributed by atoms with Gasteiger partial charge in [0.15, 0.2) is 0 Å². The lowest BCUT2D eigenvalue weighted by atomic mass is 9.96. The molecule has 0 radical (unpaired) electrons. The van der Waals surface area contributed by atoms with Gasteiger partial charge in [0.1, 0.15) is 17.3 Å². The summed E-state index contributed by atoms with van der Waals surface area (Å²) in [6.07, 6.45) is 0. The molecule has 2 aromatic rings. The minimum atomic E-state index is -0.00812. The second-order valence-corrected chi connectivity index (χ2v) is 5.84. The van der Waals surface area contributed by atoms with Crippen LogP contribution in [0.3, 0.4) is 0 Å². The van der Waals surface area contributed by atoms with Crippen molar-refractivity contribution in [3.8, 4) is 11.3 Å². The molecule has 18 heavy (non-hydrogen) atoms. The summed E-state index contributed by atoms with van der Waals surface area (Å²) in [4.78, 5) is 4.72. The van der Waals surface area contributed by atoms with E-state index in [2.05, 4.69) is 52.0 Å². The first-order valence-electron chi connectivity index (χ1n) is 6.20. The number of nitrogen functional groups attached to an aromatic ring is 1. The first-order chi connectivity index (χ1) is 8.30. The lowest BCUT2D eigenvalue weighted by Crippen LogP contribution is -2.17. The van der Waals surface area contributed by atoms with Crippen molar-refractivity contribution in [2.24, 2.45) is 7.05 Å². The van der Waals surface area contributed by atoms with E-state index in [1.54, 1.807) is 0 Å². The van der Waals surface area contributed by atoms with Crippen LogP contribution in [-0.4, -0.2) is 9.55 Å². The van der Waals surface area contributed by atoms with Gasteiger partial charge in [-0.05, 0) is 6.92 Å². The lowest BCUT2D eigenvalue weighted by Gasteiger charge is -2.17. The van der Waals surface area contributed by atoms with Crippen molar-refractivity contribution < 1.29 is 0 Å². The van der Waals surface area contributed by atoms with Crippen LogP contribution in [0, 0.1) is 6.92 Å². The van der Waals surface area contributed by atoms with Gasteiger partial charge in [-0.15, -0.1) is 0 Å². The van der Waals surface area contributed by atoms with Gasteiger partial charge in [-0.3, -0.25) is 0 Å². The zero-order valence-electron chi connectivity index (χ0n) is 11.8. The molecule has 0 amide bonds. The van der Waals surface area contributed by atoms with Crippen molar-refractivity contribution in [3.63, 3.8) is 0 Å². The van der Waals surface area contributed by atoms with Crippen LogP contribution in [0.1, 0.15) is 32.2 Å². The summed E-state index contributed by atoms with van der Waals surface area (Å²) in [5, 5.41) is 0. The zero-order valence-corrected chi connectivity index (χ0v) is 11.8. The normalized spacial score (nSPS) is 11.8. The van der Waals surface area contributed by atoms with Crippen LogP contribution in [-0.2, 0) is 12.5 Å². The molecule has 0 bridgehead atoms. The molecule has 3 heteroatoms. The van der Waals surface area contributed by atoms with Crippen molar-refractivity contribution in [1.82, 2.24) is 9.55 Å². The predicted molar refractivity (Wildman–Crippen MR) is 76.5 cm³/mol. The number of nitrogens with two attached hydrogens (primary N) is 1. The monoisotopic (exact) mass is 243 g/mol. The molecule has 96 valence electrons. The van der Waals surface area contributed by atoms with Gasteiger partial charge < -0.3 is 10.3 Å². The van der Waals surface area contributed by atoms with Crippen LogP contribution in [0.25, 0.3) is 11.3 Å². The van der Waals surface area contributed by atoms with Gasteiger partial charge in [-0.25, -0.2) is 4.98 Å². The maximum absolute atomic E-state index is 6.17. The van der Waals surface area contributed by atoms with Crippen LogP contribution in [0.5, 0.6) is 0 Å². The second-order valence-electron chi connectivity index (χ2n) is 5.84. The number of aryl methyl sites for hydroxylation is 1. The molecule has 2 N–H and O–H groups in total. The molecule has 0 aliphatic carbocycles. The zero-order chi connectivity index (χ0) is 13.5. The summed E-state index contributed by atoms with van der Waals surface area (Å²) in [7, 11) is 1.97. The van der Waals surface area contributed by atoms with Crippen LogP contribution in [0.15, 0.2) is 24.3 Å². The second kappa shape index (κ2) is 4.16. The third kappa shape index (κ3) is 2.13. The van der Waals surface area contributed by atoms with Gasteiger partial charge in [0.25, 0.3) is 0 Å². The molecular formula is C15H21N3. The van der Waals surface area contributed by atoms with E-state index in [1.807, 2.05) is 11.6 Å². The summed E-state index contributed by atoms with van der Waals surface area (Å²) in [6.45, 7) is 8.52. The molecule has 1 heterocycles. The summed E-state index contributed by atoms with van der Waals surface area (Å²) >= 11 is 0. The Kier molecular flexibility index (Phi) is 2.93. The van der Waals surface area contributed by atoms with Gasteiger partial charge in [0, 0.05) is 18.0 Å². The Morgan fingerprint density at radius 3 is 2.11 bits per heavy atom. The molecule has 1 aromatic heterocycles. The molecule has 0 aliphatic rings. The maximum atomic E-state index is 6.17. The van der Waals surface area contributed by atoms with Crippen LogP contribution in [0.4, 0.5) is 5.82 Å². The highest BCUT2D eigenvalue weighted by atomic mass is 15.1. The average Bonchev–Trinajstić information content (AvgIpc) is 2.57. The highest BCUT2D eigenvalue weighted by molar-refractivity contribution is 5.71. The Labute approximate surface area is 109 Å². The van der Waals surface area contributed by atoms with Crippen LogP contribution < -0.4 is 5.73 Å². The number of imidazole rings is 1. The standard InChI is InChI=1S/C15H21N3/c1-10-6-8-11(9-7-10)12-13(16)18(5)14(17-12)15(2,3)4/h6-9H,16H2,1-5H3. The summed E-state index contributed by atoms with van der Waals surface area (Å²) in [5.41, 5.74) is 9.35. The fourth-order valence-electron chi connectivity index (χ4n) is 2.11. The SMILES string of the molecule is Cc1ccc(-c2nc(C(C)(C)C)n(C)c2N)cc1. The van der Waals surface area contributed by atoms with E-state index < -0.39 is 0 Å². The molecule has 0 spiro atoms. The number of hydrogen-bond donors (Lipinski definition) is 1. The quantitative estimate of drug-likeness (QED) is 0.835. The molecular weight excluding hydrogens is 222 g/mol. The van der Waals surface area contributed by atoms with Gasteiger partial charge in [-0.1, -0.05) is 50.6 Å². The number of anilines is 1. The molecule has 0 unspecified atom stereocenters. The molecule has 0 saturated heterocycles. The van der Waals surface area contributed by atoms with Gasteiger partial charge in [-0.2, -0.15) is 0 Å². The van der Waals surface area contributed by atoms with E-state index >= 15 is 0 Å². The first kappa shape index (κ1) is 12.7. The molecule has 1 aromatic carbocycles. The van der Waals surface area contributed by atoms with E-state index in [4.69, 9.17) is 10.7 Å². The van der Waals surface area contributed by atoms with Crippen molar-refractivity contribution >= 4 is 5.82 Å². The molecule has 3 nitrogen and oxygen atoms in total. The fraction of sp³-hybridized carbons (Fsp3) is 0.400. The summed E-state index contributed by atoms with van der Waals surface area (Å²) in [6, 6.07) is 8.31. The summed E-state index contributed by atoms with van der Waals surface area (Å²) in [5.74, 6) is 1.74. The highest BCUT2D eigenvalue weighted by Crippen LogP contribution is 2.30. The highest BCUT2D eigenvalue weighted by Gasteiger charge is 2.23. The van der Waals surface area contributed by atoms with Crippen molar-refractivity contribution in [3.05, 3.63) is 35.7 Å². The smallest absolute Gasteiger partial charge is 0.131 e. The topological polar surface area (TPSA) is 43.8 Å².